The Morgan fingerprint density at radius 3 is 2.37 bits per heavy atom. The predicted molar refractivity (Wildman–Crippen MR) is 90.4 cm³/mol. The number of carbonyl (C=O) groups excluding carboxylic acids is 4. The summed E-state index contributed by atoms with van der Waals surface area (Å²) in [4.78, 5) is 47.3. The number of anilines is 2. The fourth-order valence-electron chi connectivity index (χ4n) is 2.51. The summed E-state index contributed by atoms with van der Waals surface area (Å²) in [7, 11) is 0. The maximum atomic E-state index is 13.5. The van der Waals surface area contributed by atoms with Crippen LogP contribution in [-0.4, -0.2) is 55.9 Å². The first kappa shape index (κ1) is 23.0. The van der Waals surface area contributed by atoms with Gasteiger partial charge in [-0.2, -0.15) is 22.0 Å². The van der Waals surface area contributed by atoms with Gasteiger partial charge >= 0.3 is 12.6 Å². The third kappa shape index (κ3) is 5.40. The molecule has 0 aliphatic carbocycles. The van der Waals surface area contributed by atoms with Crippen LogP contribution < -0.4 is 21.3 Å². The van der Waals surface area contributed by atoms with Crippen molar-refractivity contribution in [1.29, 1.82) is 0 Å². The summed E-state index contributed by atoms with van der Waals surface area (Å²) in [5, 5.41) is 3.08. The van der Waals surface area contributed by atoms with Gasteiger partial charge in [0.05, 0.1) is 17.9 Å². The molecule has 0 spiro atoms. The second kappa shape index (κ2) is 9.02. The number of hydrogen-bond donors (Lipinski definition) is 3. The molecular weight excluding hydrogens is 423 g/mol. The highest BCUT2D eigenvalue weighted by atomic mass is 19.4. The average molecular weight is 438 g/mol. The van der Waals surface area contributed by atoms with Crippen LogP contribution >= 0.6 is 0 Å². The highest BCUT2D eigenvalue weighted by Crippen LogP contribution is 2.37. The Kier molecular flexibility index (Phi) is 6.92. The van der Waals surface area contributed by atoms with Crippen LogP contribution in [0.3, 0.4) is 0 Å². The maximum absolute atomic E-state index is 13.5. The fourth-order valence-corrected chi connectivity index (χ4v) is 2.51. The van der Waals surface area contributed by atoms with E-state index in [0.717, 1.165) is 17.0 Å². The minimum Gasteiger partial charge on any atom is -0.370 e. The molecule has 9 nitrogen and oxygen atoms in total. The van der Waals surface area contributed by atoms with Gasteiger partial charge in [0, 0.05) is 12.2 Å². The molecule has 4 amide bonds. The van der Waals surface area contributed by atoms with E-state index in [1.807, 2.05) is 0 Å². The molecule has 1 aliphatic rings. The highest BCUT2D eigenvalue weighted by molar-refractivity contribution is 6.12. The Morgan fingerprint density at radius 1 is 1.17 bits per heavy atom. The summed E-state index contributed by atoms with van der Waals surface area (Å²) in [6.45, 7) is -0.203. The lowest BCUT2D eigenvalue weighted by atomic mass is 10.1. The first-order chi connectivity index (χ1) is 13.9. The topological polar surface area (TPSA) is 131 Å². The molecule has 0 bridgehead atoms. The van der Waals surface area contributed by atoms with E-state index < -0.39 is 53.5 Å². The van der Waals surface area contributed by atoms with Crippen molar-refractivity contribution in [2.45, 2.75) is 18.6 Å². The lowest BCUT2D eigenvalue weighted by Crippen LogP contribution is -2.53. The number of morpholine rings is 1. The van der Waals surface area contributed by atoms with Gasteiger partial charge in [-0.3, -0.25) is 19.2 Å². The molecular formula is C16H15F5N4O5. The van der Waals surface area contributed by atoms with E-state index >= 15 is 0 Å². The first-order valence-corrected chi connectivity index (χ1v) is 8.20. The predicted octanol–water partition coefficient (Wildman–Crippen LogP) is 0.242. The molecule has 1 aliphatic heterocycles. The Labute approximate surface area is 165 Å². The van der Waals surface area contributed by atoms with Gasteiger partial charge in [-0.15, -0.1) is 0 Å². The van der Waals surface area contributed by atoms with Crippen molar-refractivity contribution in [3.05, 3.63) is 23.8 Å². The van der Waals surface area contributed by atoms with E-state index in [4.69, 9.17) is 10.5 Å². The second-order valence-corrected chi connectivity index (χ2v) is 5.96. The number of alkyl halides is 5. The third-order valence-corrected chi connectivity index (χ3v) is 3.90. The SMILES string of the molecule is NC(=O)[C@@H](NC(=O)C(F)F)C(=O)Nc1ccc(N2CCOCC2=O)cc1C(F)(F)F. The van der Waals surface area contributed by atoms with E-state index in [2.05, 4.69) is 0 Å². The lowest BCUT2D eigenvalue weighted by Gasteiger charge is -2.28. The fraction of sp³-hybridized carbons (Fsp3) is 0.375. The number of hydrogen-bond acceptors (Lipinski definition) is 5. The molecule has 2 rings (SSSR count). The summed E-state index contributed by atoms with van der Waals surface area (Å²) in [6.07, 6.45) is -8.58. The van der Waals surface area contributed by atoms with Crippen molar-refractivity contribution in [1.82, 2.24) is 5.32 Å². The number of rotatable bonds is 6. The van der Waals surface area contributed by atoms with Crippen LogP contribution in [0.4, 0.5) is 33.3 Å². The number of primary amides is 1. The van der Waals surface area contributed by atoms with Gasteiger partial charge in [0.2, 0.25) is 5.91 Å². The number of halogens is 5. The number of nitrogens with one attached hydrogen (secondary N) is 2. The Morgan fingerprint density at radius 2 is 1.83 bits per heavy atom. The van der Waals surface area contributed by atoms with Crippen LogP contribution in [0.5, 0.6) is 0 Å². The molecule has 0 saturated carbocycles. The van der Waals surface area contributed by atoms with Gasteiger partial charge in [-0.1, -0.05) is 0 Å². The van der Waals surface area contributed by atoms with Crippen molar-refractivity contribution in [3.8, 4) is 0 Å². The highest BCUT2D eigenvalue weighted by Gasteiger charge is 2.37. The van der Waals surface area contributed by atoms with Crippen LogP contribution in [0, 0.1) is 0 Å². The Hall–Kier alpha value is -3.29. The van der Waals surface area contributed by atoms with Crippen molar-refractivity contribution in [2.75, 3.05) is 30.0 Å². The summed E-state index contributed by atoms with van der Waals surface area (Å²) in [5.74, 6) is -5.70. The summed E-state index contributed by atoms with van der Waals surface area (Å²) < 4.78 is 70.0. The molecule has 30 heavy (non-hydrogen) atoms. The number of nitrogens with two attached hydrogens (primary N) is 1. The quantitative estimate of drug-likeness (QED) is 0.433. The van der Waals surface area contributed by atoms with Gasteiger partial charge in [-0.05, 0) is 18.2 Å². The van der Waals surface area contributed by atoms with Crippen LogP contribution in [0.15, 0.2) is 18.2 Å². The van der Waals surface area contributed by atoms with Gasteiger partial charge in [0.25, 0.3) is 17.7 Å². The van der Waals surface area contributed by atoms with Crippen LogP contribution in [0.1, 0.15) is 5.56 Å². The minimum atomic E-state index is -5.00. The van der Waals surface area contributed by atoms with E-state index in [1.54, 1.807) is 5.32 Å². The molecule has 1 heterocycles. The summed E-state index contributed by atoms with van der Waals surface area (Å²) in [6, 6.07) is 0.167. The van der Waals surface area contributed by atoms with Crippen molar-refractivity contribution in [2.24, 2.45) is 5.73 Å². The number of ether oxygens (including phenoxy) is 1. The van der Waals surface area contributed by atoms with Crippen LogP contribution in [0.2, 0.25) is 0 Å². The standard InChI is InChI=1S/C16H15F5N4O5/c17-12(18)15(29)24-11(13(22)27)14(28)23-9-2-1-7(5-8(9)16(19,20)21)25-3-4-30-6-10(25)26/h1-2,5,11-12H,3-4,6H2,(H2,22,27)(H,23,28)(H,24,29)/t11-/m1/s1. The number of benzene rings is 1. The smallest absolute Gasteiger partial charge is 0.370 e. The zero-order chi connectivity index (χ0) is 22.6. The largest absolute Gasteiger partial charge is 0.418 e. The molecule has 14 heteroatoms. The molecule has 0 unspecified atom stereocenters. The molecule has 1 aromatic rings. The van der Waals surface area contributed by atoms with Gasteiger partial charge in [0.1, 0.15) is 6.61 Å². The molecule has 164 valence electrons. The van der Waals surface area contributed by atoms with Crippen LogP contribution in [-0.2, 0) is 30.1 Å². The van der Waals surface area contributed by atoms with Crippen molar-refractivity contribution in [3.63, 3.8) is 0 Å². The summed E-state index contributed by atoms with van der Waals surface area (Å²) in [5.41, 5.74) is 2.53. The van der Waals surface area contributed by atoms with Crippen molar-refractivity contribution < 1.29 is 45.9 Å². The molecule has 1 fully saturated rings. The van der Waals surface area contributed by atoms with Crippen molar-refractivity contribution >= 4 is 35.0 Å². The third-order valence-electron chi connectivity index (χ3n) is 3.90. The second-order valence-electron chi connectivity index (χ2n) is 5.96. The number of amides is 4. The average Bonchev–Trinajstić information content (AvgIpc) is 2.65. The monoisotopic (exact) mass is 438 g/mol. The number of nitrogens with zero attached hydrogens (tertiary/aromatic N) is 1. The molecule has 4 N–H and O–H groups in total. The normalized spacial score (nSPS) is 15.7. The molecule has 0 aromatic heterocycles. The molecule has 0 radical (unpaired) electrons. The first-order valence-electron chi connectivity index (χ1n) is 8.20. The Balaban J connectivity index is 2.33. The van der Waals surface area contributed by atoms with Gasteiger partial charge < -0.3 is 26.0 Å². The lowest BCUT2D eigenvalue weighted by molar-refractivity contribution is -0.138. The minimum absolute atomic E-state index is 0.00520. The number of carbonyl (C=O) groups is 4. The zero-order valence-electron chi connectivity index (χ0n) is 15.0. The van der Waals surface area contributed by atoms with Gasteiger partial charge in [0.15, 0.2) is 6.04 Å². The molecule has 1 atom stereocenters. The summed E-state index contributed by atoms with van der Waals surface area (Å²) >= 11 is 0. The van der Waals surface area contributed by atoms with Crippen LogP contribution in [0.25, 0.3) is 0 Å². The molecule has 1 aromatic carbocycles. The Bertz CT molecular complexity index is 861. The zero-order valence-corrected chi connectivity index (χ0v) is 15.0. The maximum Gasteiger partial charge on any atom is 0.418 e. The van der Waals surface area contributed by atoms with Gasteiger partial charge in [-0.25, -0.2) is 0 Å². The van der Waals surface area contributed by atoms with E-state index in [9.17, 15) is 41.1 Å². The molecule has 1 saturated heterocycles. The van der Waals surface area contributed by atoms with E-state index in [-0.39, 0.29) is 25.4 Å². The van der Waals surface area contributed by atoms with E-state index in [1.165, 1.54) is 5.32 Å². The van der Waals surface area contributed by atoms with E-state index in [0.29, 0.717) is 6.07 Å².